The van der Waals surface area contributed by atoms with Crippen LogP contribution < -0.4 is 4.74 Å². The first kappa shape index (κ1) is 20.6. The molecule has 1 amide bonds. The molecule has 3 rings (SSSR count). The Bertz CT molecular complexity index is 915. The van der Waals surface area contributed by atoms with Crippen LogP contribution in [-0.2, 0) is 14.3 Å². The highest BCUT2D eigenvalue weighted by Gasteiger charge is 2.45. The van der Waals surface area contributed by atoms with Gasteiger partial charge in [0, 0.05) is 25.8 Å². The van der Waals surface area contributed by atoms with E-state index in [1.165, 1.54) is 4.90 Å². The van der Waals surface area contributed by atoms with Crippen LogP contribution in [0, 0.1) is 6.92 Å². The van der Waals surface area contributed by atoms with Crippen molar-refractivity contribution in [3.05, 3.63) is 70.8 Å². The predicted octanol–water partition coefficient (Wildman–Crippen LogP) is 3.46. The van der Waals surface area contributed by atoms with Crippen LogP contribution in [0.5, 0.6) is 5.75 Å². The maximum atomic E-state index is 12.9. The van der Waals surface area contributed by atoms with Crippen molar-refractivity contribution >= 4 is 17.4 Å². The summed E-state index contributed by atoms with van der Waals surface area (Å²) in [6.07, 6.45) is 0.592. The number of benzene rings is 2. The summed E-state index contributed by atoms with van der Waals surface area (Å²) >= 11 is 0. The van der Waals surface area contributed by atoms with Gasteiger partial charge in [0.15, 0.2) is 0 Å². The number of Topliss-reactive ketones (excluding diaryl/α,β-unsaturated/α-hetero) is 1. The summed E-state index contributed by atoms with van der Waals surface area (Å²) in [6.45, 7) is 2.80. The number of carbonyl (C=O) groups excluding carboxylic acids is 2. The first-order valence-corrected chi connectivity index (χ1v) is 9.46. The molecule has 2 aromatic rings. The van der Waals surface area contributed by atoms with E-state index in [4.69, 9.17) is 9.47 Å². The van der Waals surface area contributed by atoms with E-state index in [2.05, 4.69) is 0 Å². The molecule has 6 heteroatoms. The fraction of sp³-hybridized carbons (Fsp3) is 0.304. The van der Waals surface area contributed by atoms with E-state index < -0.39 is 17.7 Å². The Morgan fingerprint density at radius 1 is 1.03 bits per heavy atom. The molecule has 1 atom stereocenters. The normalized spacial score (nSPS) is 18.3. The van der Waals surface area contributed by atoms with Gasteiger partial charge in [-0.3, -0.25) is 9.59 Å². The first-order chi connectivity index (χ1) is 14.0. The van der Waals surface area contributed by atoms with E-state index in [0.717, 1.165) is 11.1 Å². The summed E-state index contributed by atoms with van der Waals surface area (Å²) in [5.41, 5.74) is 2.40. The summed E-state index contributed by atoms with van der Waals surface area (Å²) in [5, 5.41) is 11.0. The molecule has 1 fully saturated rings. The van der Waals surface area contributed by atoms with Crippen molar-refractivity contribution in [3.63, 3.8) is 0 Å². The Labute approximate surface area is 170 Å². The van der Waals surface area contributed by atoms with Crippen molar-refractivity contribution in [1.82, 2.24) is 4.90 Å². The van der Waals surface area contributed by atoms with E-state index >= 15 is 0 Å². The molecule has 0 saturated carbocycles. The number of carbonyl (C=O) groups is 2. The summed E-state index contributed by atoms with van der Waals surface area (Å²) in [5.74, 6) is -0.842. The lowest BCUT2D eigenvalue weighted by Gasteiger charge is -2.25. The molecule has 0 aliphatic carbocycles. The van der Waals surface area contributed by atoms with Crippen LogP contribution in [0.15, 0.2) is 54.1 Å². The van der Waals surface area contributed by atoms with Gasteiger partial charge in [-0.1, -0.05) is 29.8 Å². The van der Waals surface area contributed by atoms with E-state index in [1.807, 2.05) is 31.2 Å². The zero-order valence-electron chi connectivity index (χ0n) is 16.8. The molecule has 0 bridgehead atoms. The Morgan fingerprint density at radius 2 is 1.69 bits per heavy atom. The lowest BCUT2D eigenvalue weighted by molar-refractivity contribution is -0.140. The highest BCUT2D eigenvalue weighted by molar-refractivity contribution is 6.46. The molecule has 1 saturated heterocycles. The molecule has 0 radical (unpaired) electrons. The van der Waals surface area contributed by atoms with Crippen molar-refractivity contribution in [2.45, 2.75) is 19.4 Å². The highest BCUT2D eigenvalue weighted by Crippen LogP contribution is 2.39. The third-order valence-electron chi connectivity index (χ3n) is 5.04. The number of aliphatic hydroxyl groups excluding tert-OH is 1. The fourth-order valence-corrected chi connectivity index (χ4v) is 3.49. The zero-order valence-corrected chi connectivity index (χ0v) is 16.8. The number of aliphatic hydroxyl groups is 1. The van der Waals surface area contributed by atoms with E-state index in [1.54, 1.807) is 38.5 Å². The third-order valence-corrected chi connectivity index (χ3v) is 5.04. The number of aryl methyl sites for hydroxylation is 1. The van der Waals surface area contributed by atoms with Gasteiger partial charge in [0.25, 0.3) is 11.7 Å². The molecule has 29 heavy (non-hydrogen) atoms. The van der Waals surface area contributed by atoms with Gasteiger partial charge in [0.2, 0.25) is 0 Å². The maximum Gasteiger partial charge on any atom is 0.295 e. The number of amides is 1. The highest BCUT2D eigenvalue weighted by atomic mass is 16.5. The number of hydrogen-bond donors (Lipinski definition) is 1. The molecule has 2 aromatic carbocycles. The molecule has 1 N–H and O–H groups in total. The minimum Gasteiger partial charge on any atom is -0.507 e. The molecule has 1 aliphatic heterocycles. The van der Waals surface area contributed by atoms with Gasteiger partial charge in [-0.05, 0) is 43.2 Å². The van der Waals surface area contributed by atoms with Crippen LogP contribution in [0.2, 0.25) is 0 Å². The molecule has 0 aromatic heterocycles. The van der Waals surface area contributed by atoms with Crippen molar-refractivity contribution in [1.29, 1.82) is 0 Å². The van der Waals surface area contributed by atoms with Crippen LogP contribution in [0.3, 0.4) is 0 Å². The quantitative estimate of drug-likeness (QED) is 0.336. The molecular formula is C23H25NO5. The monoisotopic (exact) mass is 395 g/mol. The summed E-state index contributed by atoms with van der Waals surface area (Å²) in [6, 6.07) is 13.7. The Hall–Kier alpha value is -3.12. The number of rotatable bonds is 7. The molecular weight excluding hydrogens is 370 g/mol. The fourth-order valence-electron chi connectivity index (χ4n) is 3.49. The van der Waals surface area contributed by atoms with Crippen molar-refractivity contribution < 1.29 is 24.2 Å². The molecule has 1 heterocycles. The van der Waals surface area contributed by atoms with Gasteiger partial charge in [0.1, 0.15) is 11.5 Å². The largest absolute Gasteiger partial charge is 0.507 e. The van der Waals surface area contributed by atoms with E-state index in [9.17, 15) is 14.7 Å². The second-order valence-electron chi connectivity index (χ2n) is 6.98. The van der Waals surface area contributed by atoms with Crippen LogP contribution in [0.25, 0.3) is 5.76 Å². The SMILES string of the molecule is COCCCN1C(=O)C(=O)C(=C(O)c2ccc(OC)cc2)C1c1ccc(C)cc1. The smallest absolute Gasteiger partial charge is 0.295 e. The predicted molar refractivity (Wildman–Crippen MR) is 110 cm³/mol. The topological polar surface area (TPSA) is 76.1 Å². The van der Waals surface area contributed by atoms with Crippen LogP contribution in [0.1, 0.15) is 29.2 Å². The summed E-state index contributed by atoms with van der Waals surface area (Å²) in [7, 11) is 3.15. The average molecular weight is 395 g/mol. The van der Waals surface area contributed by atoms with Gasteiger partial charge >= 0.3 is 0 Å². The first-order valence-electron chi connectivity index (χ1n) is 9.46. The Morgan fingerprint density at radius 3 is 2.28 bits per heavy atom. The van der Waals surface area contributed by atoms with Crippen LogP contribution >= 0.6 is 0 Å². The van der Waals surface area contributed by atoms with Gasteiger partial charge in [-0.25, -0.2) is 0 Å². The molecule has 1 unspecified atom stereocenters. The second kappa shape index (κ2) is 8.92. The van der Waals surface area contributed by atoms with Crippen LogP contribution in [-0.4, -0.2) is 49.1 Å². The minimum absolute atomic E-state index is 0.0986. The van der Waals surface area contributed by atoms with Gasteiger partial charge in [0.05, 0.1) is 18.7 Å². The third kappa shape index (κ3) is 4.17. The molecule has 6 nitrogen and oxygen atoms in total. The van der Waals surface area contributed by atoms with Crippen molar-refractivity contribution in [2.75, 3.05) is 27.4 Å². The number of ketones is 1. The number of likely N-dealkylation sites (tertiary alicyclic amines) is 1. The minimum atomic E-state index is -0.679. The number of nitrogens with zero attached hydrogens (tertiary/aromatic N) is 1. The number of hydrogen-bond acceptors (Lipinski definition) is 5. The zero-order chi connectivity index (χ0) is 21.0. The van der Waals surface area contributed by atoms with Crippen molar-refractivity contribution in [2.24, 2.45) is 0 Å². The van der Waals surface area contributed by atoms with Crippen LogP contribution in [0.4, 0.5) is 0 Å². The van der Waals surface area contributed by atoms with E-state index in [-0.39, 0.29) is 11.3 Å². The molecule has 152 valence electrons. The Kier molecular flexibility index (Phi) is 6.34. The molecule has 0 spiro atoms. The lowest BCUT2D eigenvalue weighted by atomic mass is 9.94. The maximum absolute atomic E-state index is 12.9. The Balaban J connectivity index is 2.09. The summed E-state index contributed by atoms with van der Waals surface area (Å²) in [4.78, 5) is 27.2. The van der Waals surface area contributed by atoms with Gasteiger partial charge in [-0.15, -0.1) is 0 Å². The van der Waals surface area contributed by atoms with Crippen molar-refractivity contribution in [3.8, 4) is 5.75 Å². The second-order valence-corrected chi connectivity index (χ2v) is 6.98. The van der Waals surface area contributed by atoms with Gasteiger partial charge in [-0.2, -0.15) is 0 Å². The number of methoxy groups -OCH3 is 2. The number of ether oxygens (including phenoxy) is 2. The standard InChI is InChI=1S/C23H25NO5/c1-15-5-7-16(8-6-15)20-19(21(25)17-9-11-18(29-3)12-10-17)22(26)23(27)24(20)13-4-14-28-2/h5-12,20,25H,4,13-14H2,1-3H3. The van der Waals surface area contributed by atoms with E-state index in [0.29, 0.717) is 30.9 Å². The average Bonchev–Trinajstić information content (AvgIpc) is 2.99. The summed E-state index contributed by atoms with van der Waals surface area (Å²) < 4.78 is 10.2. The molecule has 1 aliphatic rings. The lowest BCUT2D eigenvalue weighted by Crippen LogP contribution is -2.31. The van der Waals surface area contributed by atoms with Gasteiger partial charge < -0.3 is 19.5 Å².